The summed E-state index contributed by atoms with van der Waals surface area (Å²) in [6.45, 7) is 4.37. The zero-order chi connectivity index (χ0) is 17.2. The van der Waals surface area contributed by atoms with Gasteiger partial charge in [0.05, 0.1) is 24.4 Å². The van der Waals surface area contributed by atoms with Gasteiger partial charge in [0.25, 0.3) is 0 Å². The molecule has 1 saturated heterocycles. The third-order valence-electron chi connectivity index (χ3n) is 4.61. The Hall–Kier alpha value is -2.90. The Balaban J connectivity index is 1.49. The first-order valence-electron chi connectivity index (χ1n) is 8.47. The Bertz CT molecular complexity index is 848. The highest BCUT2D eigenvalue weighted by Crippen LogP contribution is 2.28. The molecule has 130 valence electrons. The molecule has 4 heterocycles. The molecule has 4 rings (SSSR count). The molecule has 0 radical (unpaired) electrons. The van der Waals surface area contributed by atoms with Gasteiger partial charge in [0.1, 0.15) is 23.6 Å². The summed E-state index contributed by atoms with van der Waals surface area (Å²) in [5, 5.41) is 1.06. The van der Waals surface area contributed by atoms with Crippen molar-refractivity contribution in [1.82, 2.24) is 24.9 Å². The summed E-state index contributed by atoms with van der Waals surface area (Å²) < 4.78 is 5.36. The molecule has 3 aromatic heterocycles. The molecule has 0 aromatic carbocycles. The van der Waals surface area contributed by atoms with Crippen LogP contribution in [0.25, 0.3) is 11.0 Å². The second kappa shape index (κ2) is 6.54. The molecule has 0 amide bonds. The van der Waals surface area contributed by atoms with Gasteiger partial charge in [-0.05, 0) is 19.4 Å². The maximum atomic E-state index is 5.36. The lowest BCUT2D eigenvalue weighted by atomic mass is 10.2. The lowest BCUT2D eigenvalue weighted by molar-refractivity contribution is 0.325. The van der Waals surface area contributed by atoms with Crippen LogP contribution >= 0.6 is 0 Å². The van der Waals surface area contributed by atoms with E-state index in [2.05, 4.69) is 41.8 Å². The van der Waals surface area contributed by atoms with E-state index >= 15 is 0 Å². The van der Waals surface area contributed by atoms with Gasteiger partial charge in [-0.2, -0.15) is 0 Å². The SMILES string of the molecule is CCOc1cnc(N(C)[C@@H]2CCN(c3ncnc4[nH]ccc34)C2)cn1. The van der Waals surface area contributed by atoms with E-state index in [-0.39, 0.29) is 0 Å². The van der Waals surface area contributed by atoms with Crippen LogP contribution in [0.5, 0.6) is 5.88 Å². The predicted molar refractivity (Wildman–Crippen MR) is 96.1 cm³/mol. The minimum absolute atomic E-state index is 0.358. The molecule has 25 heavy (non-hydrogen) atoms. The number of nitrogens with zero attached hydrogens (tertiary/aromatic N) is 6. The van der Waals surface area contributed by atoms with Gasteiger partial charge in [0.15, 0.2) is 0 Å². The van der Waals surface area contributed by atoms with Gasteiger partial charge in [-0.25, -0.2) is 19.9 Å². The number of aromatic nitrogens is 5. The van der Waals surface area contributed by atoms with E-state index in [1.54, 1.807) is 18.7 Å². The van der Waals surface area contributed by atoms with Crippen molar-refractivity contribution in [2.75, 3.05) is 36.5 Å². The number of nitrogens with one attached hydrogen (secondary N) is 1. The first-order valence-corrected chi connectivity index (χ1v) is 8.47. The fourth-order valence-electron chi connectivity index (χ4n) is 3.26. The lowest BCUT2D eigenvalue weighted by Crippen LogP contribution is -2.35. The molecule has 8 nitrogen and oxygen atoms in total. The molecule has 1 aliphatic heterocycles. The molecule has 3 aromatic rings. The molecule has 8 heteroatoms. The molecule has 1 atom stereocenters. The zero-order valence-electron chi connectivity index (χ0n) is 14.4. The Morgan fingerprint density at radius 1 is 1.28 bits per heavy atom. The number of anilines is 2. The predicted octanol–water partition coefficient (Wildman–Crippen LogP) is 1.86. The fraction of sp³-hybridized carbons (Fsp3) is 0.412. The summed E-state index contributed by atoms with van der Waals surface area (Å²) >= 11 is 0. The summed E-state index contributed by atoms with van der Waals surface area (Å²) in [5.74, 6) is 2.40. The highest BCUT2D eigenvalue weighted by molar-refractivity contribution is 5.87. The Kier molecular flexibility index (Phi) is 4.09. The average Bonchev–Trinajstić information content (AvgIpc) is 3.31. The second-order valence-electron chi connectivity index (χ2n) is 6.08. The molecule has 1 aliphatic rings. The number of ether oxygens (including phenoxy) is 1. The number of hydrogen-bond acceptors (Lipinski definition) is 7. The van der Waals surface area contributed by atoms with Crippen molar-refractivity contribution in [1.29, 1.82) is 0 Å². The van der Waals surface area contributed by atoms with Crippen LogP contribution in [0.2, 0.25) is 0 Å². The van der Waals surface area contributed by atoms with Crippen LogP contribution in [0.4, 0.5) is 11.6 Å². The van der Waals surface area contributed by atoms with Gasteiger partial charge in [-0.3, -0.25) is 0 Å². The summed E-state index contributed by atoms with van der Waals surface area (Å²) in [6.07, 6.45) is 8.00. The van der Waals surface area contributed by atoms with Crippen LogP contribution in [-0.2, 0) is 0 Å². The minimum Gasteiger partial charge on any atom is -0.477 e. The van der Waals surface area contributed by atoms with Gasteiger partial charge in [-0.15, -0.1) is 0 Å². The number of aromatic amines is 1. The third kappa shape index (κ3) is 2.95. The van der Waals surface area contributed by atoms with Gasteiger partial charge in [0, 0.05) is 32.4 Å². The largest absolute Gasteiger partial charge is 0.477 e. The quantitative estimate of drug-likeness (QED) is 0.759. The molecule has 1 N–H and O–H groups in total. The number of H-pyrrole nitrogens is 1. The van der Waals surface area contributed by atoms with Crippen molar-refractivity contribution < 1.29 is 4.74 Å². The molecular weight excluding hydrogens is 318 g/mol. The zero-order valence-corrected chi connectivity index (χ0v) is 14.4. The molecular formula is C17H21N7O. The summed E-state index contributed by atoms with van der Waals surface area (Å²) in [5.41, 5.74) is 0.874. The van der Waals surface area contributed by atoms with Gasteiger partial charge < -0.3 is 19.5 Å². The maximum absolute atomic E-state index is 5.36. The minimum atomic E-state index is 0.358. The highest BCUT2D eigenvalue weighted by Gasteiger charge is 2.28. The summed E-state index contributed by atoms with van der Waals surface area (Å²) in [6, 6.07) is 2.39. The van der Waals surface area contributed by atoms with Crippen molar-refractivity contribution in [3.63, 3.8) is 0 Å². The number of rotatable bonds is 5. The smallest absolute Gasteiger partial charge is 0.232 e. The third-order valence-corrected chi connectivity index (χ3v) is 4.61. The maximum Gasteiger partial charge on any atom is 0.232 e. The molecule has 0 unspecified atom stereocenters. The highest BCUT2D eigenvalue weighted by atomic mass is 16.5. The van der Waals surface area contributed by atoms with Gasteiger partial charge >= 0.3 is 0 Å². The van der Waals surface area contributed by atoms with Crippen molar-refractivity contribution in [3.8, 4) is 5.88 Å². The van der Waals surface area contributed by atoms with Crippen LogP contribution in [-0.4, -0.2) is 57.7 Å². The monoisotopic (exact) mass is 339 g/mol. The van der Waals surface area contributed by atoms with Crippen LogP contribution in [0.15, 0.2) is 31.0 Å². The van der Waals surface area contributed by atoms with E-state index in [0.717, 1.165) is 42.2 Å². The van der Waals surface area contributed by atoms with Gasteiger partial charge in [0.2, 0.25) is 5.88 Å². The van der Waals surface area contributed by atoms with Crippen LogP contribution in [0.1, 0.15) is 13.3 Å². The number of likely N-dealkylation sites (N-methyl/N-ethyl adjacent to an activating group) is 1. The van der Waals surface area contributed by atoms with E-state index < -0.39 is 0 Å². The molecule has 0 spiro atoms. The van der Waals surface area contributed by atoms with E-state index in [9.17, 15) is 0 Å². The molecule has 0 bridgehead atoms. The van der Waals surface area contributed by atoms with E-state index in [1.165, 1.54) is 0 Å². The summed E-state index contributed by atoms with van der Waals surface area (Å²) in [4.78, 5) is 25.2. The van der Waals surface area contributed by atoms with E-state index in [0.29, 0.717) is 18.5 Å². The standard InChI is InChI=1S/C17H21N7O/c1-3-25-15-9-19-14(8-20-15)23(2)12-5-7-24(10-12)17-13-4-6-18-16(13)21-11-22-17/h4,6,8-9,11-12H,3,5,7,10H2,1-2H3,(H,18,21,22)/t12-/m1/s1. The average molecular weight is 339 g/mol. The number of hydrogen-bond donors (Lipinski definition) is 1. The fourth-order valence-corrected chi connectivity index (χ4v) is 3.26. The van der Waals surface area contributed by atoms with Crippen LogP contribution in [0, 0.1) is 0 Å². The first-order chi connectivity index (χ1) is 12.3. The molecule has 1 fully saturated rings. The number of fused-ring (bicyclic) bond motifs is 1. The van der Waals surface area contributed by atoms with E-state index in [4.69, 9.17) is 4.74 Å². The van der Waals surface area contributed by atoms with Crippen molar-refractivity contribution >= 4 is 22.7 Å². The molecule has 0 saturated carbocycles. The topological polar surface area (TPSA) is 83.1 Å². The first kappa shape index (κ1) is 15.6. The van der Waals surface area contributed by atoms with Crippen LogP contribution in [0.3, 0.4) is 0 Å². The Morgan fingerprint density at radius 2 is 2.20 bits per heavy atom. The second-order valence-corrected chi connectivity index (χ2v) is 6.08. The normalized spacial score (nSPS) is 17.2. The van der Waals surface area contributed by atoms with Crippen molar-refractivity contribution in [2.24, 2.45) is 0 Å². The molecule has 0 aliphatic carbocycles. The summed E-state index contributed by atoms with van der Waals surface area (Å²) in [7, 11) is 2.06. The van der Waals surface area contributed by atoms with Crippen molar-refractivity contribution in [3.05, 3.63) is 31.0 Å². The Labute approximate surface area is 145 Å². The lowest BCUT2D eigenvalue weighted by Gasteiger charge is -2.26. The Morgan fingerprint density at radius 3 is 3.00 bits per heavy atom. The van der Waals surface area contributed by atoms with Gasteiger partial charge in [-0.1, -0.05) is 0 Å². The van der Waals surface area contributed by atoms with Crippen LogP contribution < -0.4 is 14.5 Å². The van der Waals surface area contributed by atoms with Crippen molar-refractivity contribution in [2.45, 2.75) is 19.4 Å². The van der Waals surface area contributed by atoms with E-state index in [1.807, 2.05) is 19.2 Å².